The van der Waals surface area contributed by atoms with Gasteiger partial charge in [-0.15, -0.1) is 0 Å². The molecule has 120 valence electrons. The van der Waals surface area contributed by atoms with Crippen molar-refractivity contribution in [3.05, 3.63) is 58.9 Å². The van der Waals surface area contributed by atoms with Crippen molar-refractivity contribution in [3.63, 3.8) is 0 Å². The number of aliphatic carboxylic acids is 1. The molecule has 1 aromatic heterocycles. The number of amides is 1. The number of ether oxygens (including phenoxy) is 1. The molecule has 2 aromatic rings. The van der Waals surface area contributed by atoms with Gasteiger partial charge in [-0.1, -0.05) is 17.7 Å². The Morgan fingerprint density at radius 2 is 2.00 bits per heavy atom. The lowest BCUT2D eigenvalue weighted by atomic mass is 10.1. The molecule has 0 saturated heterocycles. The van der Waals surface area contributed by atoms with Crippen molar-refractivity contribution < 1.29 is 19.4 Å². The SMILES string of the molecule is COc1ccc(C[C@@H](NC(=O)c2ccncc2)C(=O)O)cc1Cl. The summed E-state index contributed by atoms with van der Waals surface area (Å²) in [7, 11) is 1.50. The van der Waals surface area contributed by atoms with Crippen LogP contribution in [-0.2, 0) is 11.2 Å². The maximum atomic E-state index is 12.1. The van der Waals surface area contributed by atoms with Gasteiger partial charge in [-0.3, -0.25) is 9.78 Å². The molecule has 0 bridgehead atoms. The van der Waals surface area contributed by atoms with Crippen molar-refractivity contribution in [2.45, 2.75) is 12.5 Å². The summed E-state index contributed by atoms with van der Waals surface area (Å²) in [4.78, 5) is 27.3. The van der Waals surface area contributed by atoms with Gasteiger partial charge in [0.1, 0.15) is 11.8 Å². The number of carbonyl (C=O) groups is 2. The Bertz CT molecular complexity index is 706. The summed E-state index contributed by atoms with van der Waals surface area (Å²) < 4.78 is 5.05. The number of hydrogen-bond donors (Lipinski definition) is 2. The number of hydrogen-bond acceptors (Lipinski definition) is 4. The van der Waals surface area contributed by atoms with Gasteiger partial charge in [0.05, 0.1) is 12.1 Å². The van der Waals surface area contributed by atoms with Gasteiger partial charge < -0.3 is 15.2 Å². The number of carbonyl (C=O) groups excluding carboxylic acids is 1. The molecule has 6 nitrogen and oxygen atoms in total. The second kappa shape index (κ2) is 7.60. The summed E-state index contributed by atoms with van der Waals surface area (Å²) in [5.74, 6) is -1.10. The highest BCUT2D eigenvalue weighted by atomic mass is 35.5. The Morgan fingerprint density at radius 3 is 2.57 bits per heavy atom. The number of benzene rings is 1. The Labute approximate surface area is 138 Å². The van der Waals surface area contributed by atoms with Gasteiger partial charge in [0, 0.05) is 24.4 Å². The van der Waals surface area contributed by atoms with E-state index < -0.39 is 17.9 Å². The van der Waals surface area contributed by atoms with Crippen LogP contribution in [0.2, 0.25) is 5.02 Å². The van der Waals surface area contributed by atoms with E-state index in [0.717, 1.165) is 0 Å². The number of halogens is 1. The van der Waals surface area contributed by atoms with E-state index in [0.29, 0.717) is 21.9 Å². The first-order chi connectivity index (χ1) is 11.0. The maximum Gasteiger partial charge on any atom is 0.326 e. The number of methoxy groups -OCH3 is 1. The van der Waals surface area contributed by atoms with Gasteiger partial charge >= 0.3 is 5.97 Å². The van der Waals surface area contributed by atoms with E-state index >= 15 is 0 Å². The highest BCUT2D eigenvalue weighted by Gasteiger charge is 2.21. The summed E-state index contributed by atoms with van der Waals surface area (Å²) in [6.45, 7) is 0. The molecule has 0 radical (unpaired) electrons. The lowest BCUT2D eigenvalue weighted by Crippen LogP contribution is -2.42. The van der Waals surface area contributed by atoms with Crippen LogP contribution >= 0.6 is 11.6 Å². The lowest BCUT2D eigenvalue weighted by Gasteiger charge is -2.15. The minimum atomic E-state index is -1.13. The van der Waals surface area contributed by atoms with Crippen molar-refractivity contribution >= 4 is 23.5 Å². The van der Waals surface area contributed by atoms with E-state index in [2.05, 4.69) is 10.3 Å². The molecule has 0 aliphatic rings. The Balaban J connectivity index is 2.12. The summed E-state index contributed by atoms with van der Waals surface area (Å²) in [5, 5.41) is 12.2. The average Bonchev–Trinajstić information content (AvgIpc) is 2.55. The van der Waals surface area contributed by atoms with Crippen molar-refractivity contribution in [3.8, 4) is 5.75 Å². The number of pyridine rings is 1. The van der Waals surface area contributed by atoms with Gasteiger partial charge in [0.25, 0.3) is 5.91 Å². The summed E-state index contributed by atoms with van der Waals surface area (Å²) in [6.07, 6.45) is 3.04. The van der Waals surface area contributed by atoms with Gasteiger partial charge in [-0.25, -0.2) is 4.79 Å². The van der Waals surface area contributed by atoms with Crippen LogP contribution in [0, 0.1) is 0 Å². The molecular formula is C16H15ClN2O4. The first-order valence-corrected chi connectivity index (χ1v) is 7.15. The normalized spacial score (nSPS) is 11.6. The maximum absolute atomic E-state index is 12.1. The second-order valence-corrected chi connectivity index (χ2v) is 5.18. The summed E-state index contributed by atoms with van der Waals surface area (Å²) in [6, 6.07) is 6.94. The van der Waals surface area contributed by atoms with Crippen LogP contribution in [0.4, 0.5) is 0 Å². The standard InChI is InChI=1S/C16H15ClN2O4/c1-23-14-3-2-10(8-12(14)17)9-13(16(21)22)19-15(20)11-4-6-18-7-5-11/h2-8,13H,9H2,1H3,(H,19,20)(H,21,22)/t13-/m1/s1. The number of nitrogens with zero attached hydrogens (tertiary/aromatic N) is 1. The zero-order valence-electron chi connectivity index (χ0n) is 12.3. The topological polar surface area (TPSA) is 88.5 Å². The summed E-state index contributed by atoms with van der Waals surface area (Å²) >= 11 is 6.03. The van der Waals surface area contributed by atoms with E-state index in [-0.39, 0.29) is 6.42 Å². The molecule has 1 heterocycles. The second-order valence-electron chi connectivity index (χ2n) is 4.77. The Morgan fingerprint density at radius 1 is 1.30 bits per heavy atom. The van der Waals surface area contributed by atoms with E-state index in [1.165, 1.54) is 31.6 Å². The third-order valence-corrected chi connectivity index (χ3v) is 3.50. The van der Waals surface area contributed by atoms with E-state index in [1.807, 2.05) is 0 Å². The van der Waals surface area contributed by atoms with Crippen LogP contribution in [0.5, 0.6) is 5.75 Å². The first-order valence-electron chi connectivity index (χ1n) is 6.77. The Kier molecular flexibility index (Phi) is 5.54. The van der Waals surface area contributed by atoms with E-state index in [9.17, 15) is 14.7 Å². The molecule has 0 saturated carbocycles. The molecular weight excluding hydrogens is 320 g/mol. The molecule has 1 atom stereocenters. The highest BCUT2D eigenvalue weighted by Crippen LogP contribution is 2.25. The number of carboxylic acid groups (broad SMARTS) is 1. The molecule has 2 N–H and O–H groups in total. The van der Waals surface area contributed by atoms with Gasteiger partial charge in [0.2, 0.25) is 0 Å². The minimum absolute atomic E-state index is 0.107. The van der Waals surface area contributed by atoms with Crippen LogP contribution in [0.1, 0.15) is 15.9 Å². The Hall–Kier alpha value is -2.60. The molecule has 7 heteroatoms. The number of aromatic nitrogens is 1. The van der Waals surface area contributed by atoms with Crippen LogP contribution in [0.15, 0.2) is 42.7 Å². The predicted molar refractivity (Wildman–Crippen MR) is 84.8 cm³/mol. The van der Waals surface area contributed by atoms with Gasteiger partial charge in [0.15, 0.2) is 0 Å². The molecule has 0 spiro atoms. The molecule has 0 unspecified atom stereocenters. The van der Waals surface area contributed by atoms with E-state index in [4.69, 9.17) is 16.3 Å². The van der Waals surface area contributed by atoms with Crippen molar-refractivity contribution in [1.29, 1.82) is 0 Å². The predicted octanol–water partition coefficient (Wildman–Crippen LogP) is 2.17. The van der Waals surface area contributed by atoms with Crippen LogP contribution in [-0.4, -0.2) is 35.1 Å². The van der Waals surface area contributed by atoms with Crippen LogP contribution < -0.4 is 10.1 Å². The smallest absolute Gasteiger partial charge is 0.326 e. The minimum Gasteiger partial charge on any atom is -0.495 e. The highest BCUT2D eigenvalue weighted by molar-refractivity contribution is 6.32. The molecule has 0 aliphatic heterocycles. The molecule has 2 rings (SSSR count). The fourth-order valence-corrected chi connectivity index (χ4v) is 2.30. The van der Waals surface area contributed by atoms with Crippen LogP contribution in [0.3, 0.4) is 0 Å². The zero-order chi connectivity index (χ0) is 16.8. The zero-order valence-corrected chi connectivity index (χ0v) is 13.1. The van der Waals surface area contributed by atoms with Gasteiger partial charge in [-0.05, 0) is 29.8 Å². The van der Waals surface area contributed by atoms with Crippen molar-refractivity contribution in [2.75, 3.05) is 7.11 Å². The quantitative estimate of drug-likeness (QED) is 0.845. The molecule has 0 aliphatic carbocycles. The number of rotatable bonds is 6. The summed E-state index contributed by atoms with van der Waals surface area (Å²) in [5.41, 5.74) is 1.03. The van der Waals surface area contributed by atoms with Gasteiger partial charge in [-0.2, -0.15) is 0 Å². The molecule has 1 aromatic carbocycles. The third kappa shape index (κ3) is 4.43. The van der Waals surface area contributed by atoms with Crippen molar-refractivity contribution in [2.24, 2.45) is 0 Å². The van der Waals surface area contributed by atoms with Crippen molar-refractivity contribution in [1.82, 2.24) is 10.3 Å². The number of carboxylic acids is 1. The molecule has 23 heavy (non-hydrogen) atoms. The fraction of sp³-hybridized carbons (Fsp3) is 0.188. The largest absolute Gasteiger partial charge is 0.495 e. The molecule has 0 fully saturated rings. The monoisotopic (exact) mass is 334 g/mol. The fourth-order valence-electron chi connectivity index (χ4n) is 2.02. The first kappa shape index (κ1) is 16.8. The molecule has 1 amide bonds. The van der Waals surface area contributed by atoms with Crippen LogP contribution in [0.25, 0.3) is 0 Å². The third-order valence-electron chi connectivity index (χ3n) is 3.20. The average molecular weight is 335 g/mol. The van der Waals surface area contributed by atoms with E-state index in [1.54, 1.807) is 18.2 Å². The number of nitrogens with one attached hydrogen (secondary N) is 1. The lowest BCUT2D eigenvalue weighted by molar-refractivity contribution is -0.139.